The number of ketones is 1. The van der Waals surface area contributed by atoms with Crippen LogP contribution in [0.5, 0.6) is 5.75 Å². The molecule has 6 heteroatoms. The molecule has 0 aromatic heterocycles. The number of phenols is 1. The molecule has 2 aromatic rings. The van der Waals surface area contributed by atoms with Gasteiger partial charge in [0.25, 0.3) is 0 Å². The number of aromatic hydroxyl groups is 1. The van der Waals surface area contributed by atoms with Gasteiger partial charge in [-0.3, -0.25) is 9.59 Å². The average Bonchev–Trinajstić information content (AvgIpc) is 2.67. The summed E-state index contributed by atoms with van der Waals surface area (Å²) in [5.74, 6) is -0.829. The highest BCUT2D eigenvalue weighted by molar-refractivity contribution is 6.30. The van der Waals surface area contributed by atoms with Gasteiger partial charge < -0.3 is 16.2 Å². The van der Waals surface area contributed by atoms with Crippen LogP contribution in [0.1, 0.15) is 30.9 Å². The predicted molar refractivity (Wildman–Crippen MR) is 106 cm³/mol. The maximum atomic E-state index is 12.3. The van der Waals surface area contributed by atoms with Crippen molar-refractivity contribution in [2.45, 2.75) is 38.8 Å². The van der Waals surface area contributed by atoms with Crippen LogP contribution in [0, 0.1) is 5.92 Å². The Morgan fingerprint density at radius 1 is 1.19 bits per heavy atom. The Hall–Kier alpha value is -2.37. The van der Waals surface area contributed by atoms with Crippen molar-refractivity contribution in [2.24, 2.45) is 11.7 Å². The van der Waals surface area contributed by atoms with Crippen molar-refractivity contribution >= 4 is 23.3 Å². The van der Waals surface area contributed by atoms with Gasteiger partial charge >= 0.3 is 0 Å². The van der Waals surface area contributed by atoms with Crippen molar-refractivity contribution in [1.29, 1.82) is 0 Å². The fraction of sp³-hybridized carbons (Fsp3) is 0.333. The normalized spacial score (nSPS) is 13.0. The number of Topliss-reactive ketones (excluding diaryl/α,β-unsaturated/α-hetero) is 1. The molecule has 5 nitrogen and oxygen atoms in total. The summed E-state index contributed by atoms with van der Waals surface area (Å²) in [6.07, 6.45) is 1.36. The lowest BCUT2D eigenvalue weighted by Gasteiger charge is -2.15. The minimum atomic E-state index is -0.586. The first kappa shape index (κ1) is 20.9. The van der Waals surface area contributed by atoms with Crippen LogP contribution in [0.2, 0.25) is 5.02 Å². The quantitative estimate of drug-likeness (QED) is 0.615. The SMILES string of the molecule is C[C@H](CC(=O)[C@H](N)CCc1ccccc1)C(=O)NCc1cc(Cl)ccc1O. The fourth-order valence-corrected chi connectivity index (χ4v) is 2.92. The number of phenolic OH excluding ortho intramolecular Hbond substituents is 1. The Bertz CT molecular complexity index is 780. The number of carbonyl (C=O) groups is 2. The number of carbonyl (C=O) groups excluding carboxylic acids is 2. The molecule has 2 rings (SSSR count). The highest BCUT2D eigenvalue weighted by atomic mass is 35.5. The summed E-state index contributed by atoms with van der Waals surface area (Å²) in [7, 11) is 0. The molecule has 4 N–H and O–H groups in total. The molecular weight excluding hydrogens is 364 g/mol. The molecule has 0 fully saturated rings. The summed E-state index contributed by atoms with van der Waals surface area (Å²) in [4.78, 5) is 24.5. The highest BCUT2D eigenvalue weighted by Crippen LogP contribution is 2.21. The number of rotatable bonds is 9. The Kier molecular flexibility index (Phi) is 7.82. The smallest absolute Gasteiger partial charge is 0.223 e. The van der Waals surface area contributed by atoms with Gasteiger partial charge in [0, 0.05) is 29.5 Å². The third-order valence-corrected chi connectivity index (χ3v) is 4.69. The van der Waals surface area contributed by atoms with E-state index in [0.29, 0.717) is 17.0 Å². The van der Waals surface area contributed by atoms with E-state index in [1.165, 1.54) is 6.07 Å². The molecule has 0 heterocycles. The molecule has 0 aliphatic carbocycles. The summed E-state index contributed by atoms with van der Waals surface area (Å²) in [5.41, 5.74) is 7.64. The maximum Gasteiger partial charge on any atom is 0.223 e. The molecule has 2 atom stereocenters. The molecule has 0 aliphatic rings. The van der Waals surface area contributed by atoms with Gasteiger partial charge in [-0.2, -0.15) is 0 Å². The lowest BCUT2D eigenvalue weighted by atomic mass is 9.96. The van der Waals surface area contributed by atoms with Gasteiger partial charge in [0.05, 0.1) is 6.04 Å². The minimum absolute atomic E-state index is 0.0614. The summed E-state index contributed by atoms with van der Waals surface area (Å²) >= 11 is 5.89. The number of halogens is 1. The molecule has 0 aliphatic heterocycles. The molecule has 144 valence electrons. The zero-order chi connectivity index (χ0) is 19.8. The second kappa shape index (κ2) is 10.1. The average molecular weight is 389 g/mol. The van der Waals surface area contributed by atoms with Crippen LogP contribution in [0.25, 0.3) is 0 Å². The zero-order valence-electron chi connectivity index (χ0n) is 15.3. The van der Waals surface area contributed by atoms with Crippen LogP contribution < -0.4 is 11.1 Å². The molecule has 0 bridgehead atoms. The summed E-state index contributed by atoms with van der Waals surface area (Å²) < 4.78 is 0. The number of aryl methyl sites for hydroxylation is 1. The van der Waals surface area contributed by atoms with Crippen LogP contribution in [-0.2, 0) is 22.6 Å². The van der Waals surface area contributed by atoms with E-state index < -0.39 is 12.0 Å². The first-order valence-corrected chi connectivity index (χ1v) is 9.32. The van der Waals surface area contributed by atoms with Crippen molar-refractivity contribution in [2.75, 3.05) is 0 Å². The molecule has 0 radical (unpaired) electrons. The summed E-state index contributed by atoms with van der Waals surface area (Å²) in [6, 6.07) is 13.9. The van der Waals surface area contributed by atoms with Crippen molar-refractivity contribution < 1.29 is 14.7 Å². The largest absolute Gasteiger partial charge is 0.508 e. The van der Waals surface area contributed by atoms with Crippen molar-refractivity contribution in [3.05, 3.63) is 64.7 Å². The number of nitrogens with two attached hydrogens (primary N) is 1. The van der Waals surface area contributed by atoms with Gasteiger partial charge in [-0.15, -0.1) is 0 Å². The number of hydrogen-bond donors (Lipinski definition) is 3. The first-order valence-electron chi connectivity index (χ1n) is 8.94. The van der Waals surface area contributed by atoms with E-state index in [1.807, 2.05) is 30.3 Å². The van der Waals surface area contributed by atoms with E-state index in [2.05, 4.69) is 5.32 Å². The summed E-state index contributed by atoms with van der Waals surface area (Å²) in [6.45, 7) is 1.83. The first-order chi connectivity index (χ1) is 12.9. The number of nitrogens with one attached hydrogen (secondary N) is 1. The molecule has 0 saturated carbocycles. The standard InChI is InChI=1S/C21H25ClN2O3/c1-14(21(27)24-13-16-12-17(22)8-10-19(16)25)11-20(26)18(23)9-7-15-5-3-2-4-6-15/h2-6,8,10,12,14,18,25H,7,9,11,13,23H2,1H3,(H,24,27)/t14-,18-/m1/s1. The molecular formula is C21H25ClN2O3. The van der Waals surface area contributed by atoms with Gasteiger partial charge in [-0.25, -0.2) is 0 Å². The Balaban J connectivity index is 1.78. The van der Waals surface area contributed by atoms with Gasteiger partial charge in [0.2, 0.25) is 5.91 Å². The van der Waals surface area contributed by atoms with E-state index in [1.54, 1.807) is 19.1 Å². The molecule has 0 saturated heterocycles. The third-order valence-electron chi connectivity index (χ3n) is 4.45. The highest BCUT2D eigenvalue weighted by Gasteiger charge is 2.21. The van der Waals surface area contributed by atoms with Crippen molar-refractivity contribution in [3.63, 3.8) is 0 Å². The second-order valence-corrected chi connectivity index (χ2v) is 7.13. The van der Waals surface area contributed by atoms with Crippen molar-refractivity contribution in [1.82, 2.24) is 5.32 Å². The van der Waals surface area contributed by atoms with E-state index in [-0.39, 0.29) is 30.4 Å². The number of amides is 1. The van der Waals surface area contributed by atoms with Gasteiger partial charge in [-0.1, -0.05) is 48.9 Å². The zero-order valence-corrected chi connectivity index (χ0v) is 16.1. The molecule has 27 heavy (non-hydrogen) atoms. The second-order valence-electron chi connectivity index (χ2n) is 6.69. The van der Waals surface area contributed by atoms with Crippen LogP contribution in [0.15, 0.2) is 48.5 Å². The Morgan fingerprint density at radius 3 is 2.59 bits per heavy atom. The minimum Gasteiger partial charge on any atom is -0.508 e. The lowest BCUT2D eigenvalue weighted by molar-refractivity contribution is -0.129. The van der Waals surface area contributed by atoms with Crippen LogP contribution in [0.4, 0.5) is 0 Å². The summed E-state index contributed by atoms with van der Waals surface area (Å²) in [5, 5.41) is 13.0. The molecule has 2 aromatic carbocycles. The molecule has 0 spiro atoms. The van der Waals surface area contributed by atoms with Crippen LogP contribution in [0.3, 0.4) is 0 Å². The van der Waals surface area contributed by atoms with Gasteiger partial charge in [0.15, 0.2) is 0 Å². The maximum absolute atomic E-state index is 12.3. The topological polar surface area (TPSA) is 92.4 Å². The molecule has 1 amide bonds. The van der Waals surface area contributed by atoms with Gasteiger partial charge in [-0.05, 0) is 36.6 Å². The monoisotopic (exact) mass is 388 g/mol. The van der Waals surface area contributed by atoms with E-state index in [4.69, 9.17) is 17.3 Å². The van der Waals surface area contributed by atoms with E-state index in [0.717, 1.165) is 12.0 Å². The third kappa shape index (κ3) is 6.70. The van der Waals surface area contributed by atoms with E-state index in [9.17, 15) is 14.7 Å². The van der Waals surface area contributed by atoms with E-state index >= 15 is 0 Å². The van der Waals surface area contributed by atoms with Crippen LogP contribution in [-0.4, -0.2) is 22.8 Å². The Morgan fingerprint density at radius 2 is 1.89 bits per heavy atom. The predicted octanol–water partition coefficient (Wildman–Crippen LogP) is 3.22. The Labute approximate surface area is 164 Å². The lowest BCUT2D eigenvalue weighted by Crippen LogP contribution is -2.36. The van der Waals surface area contributed by atoms with Crippen molar-refractivity contribution in [3.8, 4) is 5.75 Å². The van der Waals surface area contributed by atoms with Crippen LogP contribution >= 0.6 is 11.6 Å². The number of hydrogen-bond acceptors (Lipinski definition) is 4. The fourth-order valence-electron chi connectivity index (χ4n) is 2.73. The molecule has 0 unspecified atom stereocenters. The number of benzene rings is 2. The van der Waals surface area contributed by atoms with Gasteiger partial charge in [0.1, 0.15) is 11.5 Å².